The zero-order valence-corrected chi connectivity index (χ0v) is 10.2. The van der Waals surface area contributed by atoms with Crippen molar-refractivity contribution in [2.24, 2.45) is 17.6 Å². The first-order chi connectivity index (χ1) is 7.40. The minimum Gasteiger partial charge on any atom is -0.379 e. The summed E-state index contributed by atoms with van der Waals surface area (Å²) in [5, 5.41) is 0. The van der Waals surface area contributed by atoms with Gasteiger partial charge in [-0.3, -0.25) is 4.90 Å². The molecule has 0 radical (unpaired) electrons. The Bertz CT molecular complexity index is 179. The van der Waals surface area contributed by atoms with Crippen molar-refractivity contribution in [3.05, 3.63) is 0 Å². The molecule has 2 unspecified atom stereocenters. The summed E-state index contributed by atoms with van der Waals surface area (Å²) in [6.07, 6.45) is 1.37. The minimum absolute atomic E-state index is 0.707. The van der Waals surface area contributed by atoms with Gasteiger partial charge in [0.25, 0.3) is 0 Å². The van der Waals surface area contributed by atoms with Crippen molar-refractivity contribution in [1.29, 1.82) is 0 Å². The Hall–Kier alpha value is 0.230. The van der Waals surface area contributed by atoms with Crippen LogP contribution in [0.4, 0.5) is 0 Å². The molecule has 2 atom stereocenters. The third-order valence-electron chi connectivity index (χ3n) is 3.53. The number of rotatable bonds is 4. The molecule has 2 rings (SSSR count). The maximum Gasteiger partial charge on any atom is 0.0594 e. The zero-order chi connectivity index (χ0) is 10.5. The van der Waals surface area contributed by atoms with Gasteiger partial charge in [-0.05, 0) is 36.3 Å². The van der Waals surface area contributed by atoms with Crippen LogP contribution in [0.2, 0.25) is 0 Å². The van der Waals surface area contributed by atoms with Gasteiger partial charge in [-0.15, -0.1) is 0 Å². The van der Waals surface area contributed by atoms with E-state index in [2.05, 4.69) is 16.7 Å². The van der Waals surface area contributed by atoms with Gasteiger partial charge < -0.3 is 10.5 Å². The summed E-state index contributed by atoms with van der Waals surface area (Å²) in [5.41, 5.74) is 5.90. The standard InChI is InChI=1S/C11H22N2OS/c12-7-11(10-1-6-15-9-10)8-13-2-4-14-5-3-13/h10-11H,1-9,12H2. The molecule has 88 valence electrons. The fraction of sp³-hybridized carbons (Fsp3) is 1.00. The van der Waals surface area contributed by atoms with E-state index < -0.39 is 0 Å². The minimum atomic E-state index is 0.707. The summed E-state index contributed by atoms with van der Waals surface area (Å²) in [6.45, 7) is 6.02. The maximum absolute atomic E-state index is 5.90. The first-order valence-corrected chi connectivity index (χ1v) is 7.13. The van der Waals surface area contributed by atoms with Gasteiger partial charge in [0.2, 0.25) is 0 Å². The number of hydrogen-bond acceptors (Lipinski definition) is 4. The van der Waals surface area contributed by atoms with Crippen LogP contribution in [-0.2, 0) is 4.74 Å². The number of ether oxygens (including phenoxy) is 1. The molecule has 0 saturated carbocycles. The van der Waals surface area contributed by atoms with Gasteiger partial charge in [0.1, 0.15) is 0 Å². The lowest BCUT2D eigenvalue weighted by Crippen LogP contribution is -2.42. The maximum atomic E-state index is 5.90. The lowest BCUT2D eigenvalue weighted by molar-refractivity contribution is 0.0275. The predicted molar refractivity (Wildman–Crippen MR) is 65.2 cm³/mol. The summed E-state index contributed by atoms with van der Waals surface area (Å²) in [6, 6.07) is 0. The first kappa shape index (κ1) is 11.7. The highest BCUT2D eigenvalue weighted by molar-refractivity contribution is 7.99. The number of thioether (sulfide) groups is 1. The fourth-order valence-electron chi connectivity index (χ4n) is 2.46. The first-order valence-electron chi connectivity index (χ1n) is 5.98. The van der Waals surface area contributed by atoms with Crippen LogP contribution in [0.15, 0.2) is 0 Å². The second kappa shape index (κ2) is 6.09. The molecule has 0 amide bonds. The highest BCUT2D eigenvalue weighted by atomic mass is 32.2. The Morgan fingerprint density at radius 1 is 1.40 bits per heavy atom. The molecule has 2 N–H and O–H groups in total. The third-order valence-corrected chi connectivity index (χ3v) is 4.72. The van der Waals surface area contributed by atoms with E-state index >= 15 is 0 Å². The summed E-state index contributed by atoms with van der Waals surface area (Å²) < 4.78 is 5.36. The van der Waals surface area contributed by atoms with Crippen molar-refractivity contribution in [2.75, 3.05) is 50.9 Å². The molecular formula is C11H22N2OS. The van der Waals surface area contributed by atoms with Gasteiger partial charge in [0.15, 0.2) is 0 Å². The molecule has 15 heavy (non-hydrogen) atoms. The van der Waals surface area contributed by atoms with Gasteiger partial charge in [0.05, 0.1) is 13.2 Å². The van der Waals surface area contributed by atoms with Crippen LogP contribution in [0, 0.1) is 11.8 Å². The van der Waals surface area contributed by atoms with Crippen molar-refractivity contribution < 1.29 is 4.74 Å². The monoisotopic (exact) mass is 230 g/mol. The van der Waals surface area contributed by atoms with Crippen LogP contribution >= 0.6 is 11.8 Å². The molecule has 0 aromatic rings. The Labute approximate surface area is 96.7 Å². The van der Waals surface area contributed by atoms with E-state index in [0.29, 0.717) is 5.92 Å². The average molecular weight is 230 g/mol. The summed E-state index contributed by atoms with van der Waals surface area (Å²) in [4.78, 5) is 2.52. The second-order valence-corrected chi connectivity index (χ2v) is 5.68. The average Bonchev–Trinajstić information content (AvgIpc) is 2.81. The van der Waals surface area contributed by atoms with Gasteiger partial charge in [0, 0.05) is 19.6 Å². The largest absolute Gasteiger partial charge is 0.379 e. The quantitative estimate of drug-likeness (QED) is 0.769. The Morgan fingerprint density at radius 2 is 2.20 bits per heavy atom. The molecule has 2 saturated heterocycles. The molecule has 2 aliphatic heterocycles. The Kier molecular flexibility index (Phi) is 4.75. The van der Waals surface area contributed by atoms with Gasteiger partial charge >= 0.3 is 0 Å². The van der Waals surface area contributed by atoms with Crippen LogP contribution in [0.5, 0.6) is 0 Å². The van der Waals surface area contributed by atoms with Crippen LogP contribution < -0.4 is 5.73 Å². The molecule has 0 aromatic heterocycles. The van der Waals surface area contributed by atoms with Crippen LogP contribution in [0.1, 0.15) is 6.42 Å². The molecule has 2 fully saturated rings. The van der Waals surface area contributed by atoms with E-state index in [1.807, 2.05) is 0 Å². The Balaban J connectivity index is 1.78. The molecule has 0 spiro atoms. The lowest BCUT2D eigenvalue weighted by Gasteiger charge is -2.32. The van der Waals surface area contributed by atoms with E-state index in [1.165, 1.54) is 24.5 Å². The lowest BCUT2D eigenvalue weighted by atomic mass is 9.91. The molecule has 2 heterocycles. The molecule has 2 aliphatic rings. The van der Waals surface area contributed by atoms with E-state index in [0.717, 1.165) is 38.8 Å². The van der Waals surface area contributed by atoms with Crippen LogP contribution in [0.3, 0.4) is 0 Å². The van der Waals surface area contributed by atoms with Crippen molar-refractivity contribution >= 4 is 11.8 Å². The van der Waals surface area contributed by atoms with Crippen LogP contribution in [-0.4, -0.2) is 55.8 Å². The normalized spacial score (nSPS) is 30.6. The zero-order valence-electron chi connectivity index (χ0n) is 9.36. The van der Waals surface area contributed by atoms with Gasteiger partial charge in [-0.2, -0.15) is 11.8 Å². The van der Waals surface area contributed by atoms with E-state index in [1.54, 1.807) is 0 Å². The molecule has 4 heteroatoms. The smallest absolute Gasteiger partial charge is 0.0594 e. The van der Waals surface area contributed by atoms with Gasteiger partial charge in [-0.1, -0.05) is 0 Å². The molecular weight excluding hydrogens is 208 g/mol. The fourth-order valence-corrected chi connectivity index (χ4v) is 3.83. The topological polar surface area (TPSA) is 38.5 Å². The van der Waals surface area contributed by atoms with Crippen molar-refractivity contribution in [2.45, 2.75) is 6.42 Å². The number of nitrogens with two attached hydrogens (primary N) is 1. The van der Waals surface area contributed by atoms with Gasteiger partial charge in [-0.25, -0.2) is 0 Å². The number of hydrogen-bond donors (Lipinski definition) is 1. The van der Waals surface area contributed by atoms with Crippen molar-refractivity contribution in [3.8, 4) is 0 Å². The third kappa shape index (κ3) is 3.34. The van der Waals surface area contributed by atoms with Crippen molar-refractivity contribution in [3.63, 3.8) is 0 Å². The highest BCUT2D eigenvalue weighted by Gasteiger charge is 2.26. The van der Waals surface area contributed by atoms with Crippen molar-refractivity contribution in [1.82, 2.24) is 4.90 Å². The molecule has 0 aliphatic carbocycles. The molecule has 0 aromatic carbocycles. The molecule has 0 bridgehead atoms. The van der Waals surface area contributed by atoms with E-state index in [9.17, 15) is 0 Å². The molecule has 3 nitrogen and oxygen atoms in total. The second-order valence-electron chi connectivity index (χ2n) is 4.53. The highest BCUT2D eigenvalue weighted by Crippen LogP contribution is 2.29. The predicted octanol–water partition coefficient (Wildman–Crippen LogP) is 0.647. The summed E-state index contributed by atoms with van der Waals surface area (Å²) in [5.74, 6) is 4.23. The SMILES string of the molecule is NCC(CN1CCOCC1)C1CCSC1. The number of nitrogens with zero attached hydrogens (tertiary/aromatic N) is 1. The summed E-state index contributed by atoms with van der Waals surface area (Å²) >= 11 is 2.09. The Morgan fingerprint density at radius 3 is 2.80 bits per heavy atom. The summed E-state index contributed by atoms with van der Waals surface area (Å²) in [7, 11) is 0. The van der Waals surface area contributed by atoms with E-state index in [4.69, 9.17) is 10.5 Å². The van der Waals surface area contributed by atoms with E-state index in [-0.39, 0.29) is 0 Å². The van der Waals surface area contributed by atoms with Crippen LogP contribution in [0.25, 0.3) is 0 Å². The number of morpholine rings is 1.